The van der Waals surface area contributed by atoms with Crippen LogP contribution in [0.15, 0.2) is 34.2 Å². The van der Waals surface area contributed by atoms with Crippen LogP contribution in [-0.2, 0) is 4.79 Å². The molecule has 3 atom stereocenters. The fourth-order valence-corrected chi connectivity index (χ4v) is 5.72. The predicted octanol–water partition coefficient (Wildman–Crippen LogP) is 4.69. The monoisotopic (exact) mass is 413 g/mol. The van der Waals surface area contributed by atoms with Crippen molar-refractivity contribution in [1.82, 2.24) is 14.9 Å². The SMILES string of the molecule is C[C@@H](Sc1nc2ccccc2c(=O)n1C1CCCC1)C(=O)N[C@H]1CCCC[C@@H]1C. The molecule has 5 nitrogen and oxygen atoms in total. The standard InChI is InChI=1S/C23H31N3O2S/c1-15-9-3-7-13-19(15)24-21(27)16(2)29-23-25-20-14-8-6-12-18(20)22(28)26(23)17-10-4-5-11-17/h6,8,12,14-17,19H,3-5,7,9-11,13H2,1-2H3,(H,24,27)/t15-,16+,19-/m0/s1. The first-order valence-electron chi connectivity index (χ1n) is 11.0. The molecular weight excluding hydrogens is 382 g/mol. The van der Waals surface area contributed by atoms with Gasteiger partial charge in [-0.3, -0.25) is 14.2 Å². The van der Waals surface area contributed by atoms with Gasteiger partial charge in [-0.05, 0) is 50.7 Å². The predicted molar refractivity (Wildman–Crippen MR) is 118 cm³/mol. The highest BCUT2D eigenvalue weighted by Crippen LogP contribution is 2.33. The zero-order valence-corrected chi connectivity index (χ0v) is 18.2. The van der Waals surface area contributed by atoms with Gasteiger partial charge in [0.15, 0.2) is 5.16 Å². The number of para-hydroxylation sites is 1. The molecule has 1 aromatic carbocycles. The van der Waals surface area contributed by atoms with E-state index in [0.717, 1.165) is 32.1 Å². The van der Waals surface area contributed by atoms with Gasteiger partial charge in [0.05, 0.1) is 16.2 Å². The first-order chi connectivity index (χ1) is 14.0. The molecule has 1 N–H and O–H groups in total. The summed E-state index contributed by atoms with van der Waals surface area (Å²) in [5, 5.41) is 4.31. The Kier molecular flexibility index (Phi) is 6.28. The molecule has 156 valence electrons. The van der Waals surface area contributed by atoms with Crippen LogP contribution < -0.4 is 10.9 Å². The Bertz CT molecular complexity index is 935. The Morgan fingerprint density at radius 2 is 1.83 bits per heavy atom. The van der Waals surface area contributed by atoms with Crippen molar-refractivity contribution < 1.29 is 4.79 Å². The maximum Gasteiger partial charge on any atom is 0.262 e. The second-order valence-corrected chi connectivity index (χ2v) is 9.97. The van der Waals surface area contributed by atoms with Crippen molar-refractivity contribution in [3.05, 3.63) is 34.6 Å². The molecular formula is C23H31N3O2S. The molecule has 2 saturated carbocycles. The lowest BCUT2D eigenvalue weighted by molar-refractivity contribution is -0.121. The van der Waals surface area contributed by atoms with Crippen LogP contribution in [-0.4, -0.2) is 26.8 Å². The fourth-order valence-electron chi connectivity index (χ4n) is 4.74. The average molecular weight is 414 g/mol. The van der Waals surface area contributed by atoms with E-state index in [9.17, 15) is 9.59 Å². The molecule has 0 radical (unpaired) electrons. The summed E-state index contributed by atoms with van der Waals surface area (Å²) in [6.45, 7) is 4.15. The largest absolute Gasteiger partial charge is 0.352 e. The number of carbonyl (C=O) groups is 1. The molecule has 1 aromatic heterocycles. The number of amides is 1. The number of benzene rings is 1. The van der Waals surface area contributed by atoms with E-state index in [2.05, 4.69) is 12.2 Å². The molecule has 0 bridgehead atoms. The third kappa shape index (κ3) is 4.37. The van der Waals surface area contributed by atoms with E-state index in [1.54, 1.807) is 0 Å². The molecule has 4 rings (SSSR count). The summed E-state index contributed by atoms with van der Waals surface area (Å²) in [5.41, 5.74) is 0.737. The zero-order chi connectivity index (χ0) is 20.4. The van der Waals surface area contributed by atoms with Crippen LogP contribution >= 0.6 is 11.8 Å². The molecule has 6 heteroatoms. The topological polar surface area (TPSA) is 64.0 Å². The van der Waals surface area contributed by atoms with Gasteiger partial charge in [-0.25, -0.2) is 4.98 Å². The maximum atomic E-state index is 13.3. The summed E-state index contributed by atoms with van der Waals surface area (Å²) in [7, 11) is 0. The molecule has 1 heterocycles. The Hall–Kier alpha value is -1.82. The van der Waals surface area contributed by atoms with Crippen molar-refractivity contribution in [2.45, 2.75) is 87.7 Å². The summed E-state index contributed by atoms with van der Waals surface area (Å²) in [4.78, 5) is 31.0. The smallest absolute Gasteiger partial charge is 0.262 e. The van der Waals surface area contributed by atoms with Crippen molar-refractivity contribution in [3.63, 3.8) is 0 Å². The fraction of sp³-hybridized carbons (Fsp3) is 0.609. The summed E-state index contributed by atoms with van der Waals surface area (Å²) in [6, 6.07) is 7.98. The van der Waals surface area contributed by atoms with Gasteiger partial charge in [-0.2, -0.15) is 0 Å². The van der Waals surface area contributed by atoms with Crippen molar-refractivity contribution in [3.8, 4) is 0 Å². The lowest BCUT2D eigenvalue weighted by atomic mass is 9.86. The van der Waals surface area contributed by atoms with Crippen LogP contribution in [0.1, 0.15) is 71.3 Å². The van der Waals surface area contributed by atoms with Crippen LogP contribution in [0.2, 0.25) is 0 Å². The van der Waals surface area contributed by atoms with Crippen LogP contribution in [0, 0.1) is 5.92 Å². The Labute approximate surface area is 176 Å². The molecule has 2 aliphatic rings. The van der Waals surface area contributed by atoms with E-state index in [-0.39, 0.29) is 28.8 Å². The summed E-state index contributed by atoms with van der Waals surface area (Å²) >= 11 is 1.42. The van der Waals surface area contributed by atoms with Crippen molar-refractivity contribution in [1.29, 1.82) is 0 Å². The molecule has 29 heavy (non-hydrogen) atoms. The summed E-state index contributed by atoms with van der Waals surface area (Å²) in [6.07, 6.45) is 8.98. The number of carbonyl (C=O) groups excluding carboxylic acids is 1. The van der Waals surface area contributed by atoms with Crippen LogP contribution in [0.5, 0.6) is 0 Å². The van der Waals surface area contributed by atoms with E-state index in [4.69, 9.17) is 4.98 Å². The van der Waals surface area contributed by atoms with Gasteiger partial charge in [-0.1, -0.05) is 56.5 Å². The number of aromatic nitrogens is 2. The van der Waals surface area contributed by atoms with Gasteiger partial charge in [0.1, 0.15) is 0 Å². The minimum absolute atomic E-state index is 0.0264. The third-order valence-corrected chi connectivity index (χ3v) is 7.62. The number of rotatable bonds is 5. The lowest BCUT2D eigenvalue weighted by Gasteiger charge is -2.30. The van der Waals surface area contributed by atoms with Gasteiger partial charge < -0.3 is 5.32 Å². The van der Waals surface area contributed by atoms with Crippen LogP contribution in [0.3, 0.4) is 0 Å². The van der Waals surface area contributed by atoms with Gasteiger partial charge in [0.2, 0.25) is 5.91 Å². The zero-order valence-electron chi connectivity index (χ0n) is 17.4. The molecule has 0 spiro atoms. The molecule has 2 aliphatic carbocycles. The van der Waals surface area contributed by atoms with E-state index < -0.39 is 0 Å². The molecule has 2 aromatic rings. The Morgan fingerprint density at radius 3 is 2.59 bits per heavy atom. The Balaban J connectivity index is 1.59. The number of nitrogens with one attached hydrogen (secondary N) is 1. The minimum atomic E-state index is -0.287. The second-order valence-electron chi connectivity index (χ2n) is 8.66. The van der Waals surface area contributed by atoms with Crippen LogP contribution in [0.25, 0.3) is 10.9 Å². The van der Waals surface area contributed by atoms with E-state index in [1.165, 1.54) is 31.0 Å². The van der Waals surface area contributed by atoms with E-state index in [0.29, 0.717) is 22.0 Å². The summed E-state index contributed by atoms with van der Waals surface area (Å²) in [5.74, 6) is 0.578. The number of thioether (sulfide) groups is 1. The number of hydrogen-bond donors (Lipinski definition) is 1. The van der Waals surface area contributed by atoms with E-state index in [1.807, 2.05) is 35.8 Å². The first-order valence-corrected chi connectivity index (χ1v) is 11.9. The highest BCUT2D eigenvalue weighted by molar-refractivity contribution is 8.00. The van der Waals surface area contributed by atoms with Gasteiger partial charge in [-0.15, -0.1) is 0 Å². The third-order valence-electron chi connectivity index (χ3n) is 6.56. The molecule has 0 unspecified atom stereocenters. The van der Waals surface area contributed by atoms with Gasteiger partial charge in [0, 0.05) is 12.1 Å². The van der Waals surface area contributed by atoms with Crippen molar-refractivity contribution in [2.75, 3.05) is 0 Å². The van der Waals surface area contributed by atoms with Gasteiger partial charge >= 0.3 is 0 Å². The minimum Gasteiger partial charge on any atom is -0.352 e. The van der Waals surface area contributed by atoms with E-state index >= 15 is 0 Å². The lowest BCUT2D eigenvalue weighted by Crippen LogP contribution is -2.44. The maximum absolute atomic E-state index is 13.3. The second kappa shape index (κ2) is 8.90. The number of fused-ring (bicyclic) bond motifs is 1. The first kappa shape index (κ1) is 20.5. The molecule has 1 amide bonds. The Morgan fingerprint density at radius 1 is 1.14 bits per heavy atom. The molecule has 0 aliphatic heterocycles. The number of hydrogen-bond acceptors (Lipinski definition) is 4. The average Bonchev–Trinajstić information content (AvgIpc) is 3.24. The van der Waals surface area contributed by atoms with Crippen LogP contribution in [0.4, 0.5) is 0 Å². The molecule has 0 saturated heterocycles. The highest BCUT2D eigenvalue weighted by atomic mass is 32.2. The van der Waals surface area contributed by atoms with Crippen molar-refractivity contribution in [2.24, 2.45) is 5.92 Å². The highest BCUT2D eigenvalue weighted by Gasteiger charge is 2.28. The molecule has 2 fully saturated rings. The normalized spacial score (nSPS) is 23.9. The van der Waals surface area contributed by atoms with Gasteiger partial charge in [0.25, 0.3) is 5.56 Å². The quantitative estimate of drug-likeness (QED) is 0.571. The number of nitrogens with zero attached hydrogens (tertiary/aromatic N) is 2. The summed E-state index contributed by atoms with van der Waals surface area (Å²) < 4.78 is 1.87. The van der Waals surface area contributed by atoms with Crippen molar-refractivity contribution >= 4 is 28.6 Å².